The number of piperidine rings is 1. The Bertz CT molecular complexity index is 766. The zero-order valence-electron chi connectivity index (χ0n) is 14.4. The predicted octanol–water partition coefficient (Wildman–Crippen LogP) is 0.407. The van der Waals surface area contributed by atoms with Crippen molar-refractivity contribution in [1.82, 2.24) is 10.0 Å². The number of nitrogens with one attached hydrogen (secondary N) is 2. The van der Waals surface area contributed by atoms with Crippen LogP contribution < -0.4 is 14.9 Å². The van der Waals surface area contributed by atoms with E-state index in [0.29, 0.717) is 25.9 Å². The number of ketones is 1. The second kappa shape index (κ2) is 8.77. The quantitative estimate of drug-likeness (QED) is 0.729. The number of carbonyl (C=O) groups excluding carboxylic acids is 3. The molecule has 1 saturated heterocycles. The molecular formula is C16H21N3O6S. The van der Waals surface area contributed by atoms with Gasteiger partial charge in [-0.05, 0) is 31.2 Å². The highest BCUT2D eigenvalue weighted by Gasteiger charge is 2.19. The molecule has 1 aromatic carbocycles. The zero-order chi connectivity index (χ0) is 19.2. The van der Waals surface area contributed by atoms with Crippen molar-refractivity contribution in [3.05, 3.63) is 24.3 Å². The first kappa shape index (κ1) is 19.9. The molecule has 1 heterocycles. The molecule has 10 heteroatoms. The molecule has 2 N–H and O–H groups in total. The number of amides is 2. The van der Waals surface area contributed by atoms with Gasteiger partial charge < -0.3 is 9.64 Å². The second-order valence-electron chi connectivity index (χ2n) is 5.61. The van der Waals surface area contributed by atoms with Crippen LogP contribution >= 0.6 is 0 Å². The number of carbonyl (C=O) groups is 3. The van der Waals surface area contributed by atoms with Gasteiger partial charge in [-0.15, -0.1) is 0 Å². The van der Waals surface area contributed by atoms with Gasteiger partial charge in [-0.2, -0.15) is 0 Å². The Kier molecular flexibility index (Phi) is 6.70. The number of nitrogens with zero attached hydrogens (tertiary/aromatic N) is 1. The van der Waals surface area contributed by atoms with Gasteiger partial charge in [0.2, 0.25) is 15.9 Å². The summed E-state index contributed by atoms with van der Waals surface area (Å²) in [7, 11) is -3.90. The van der Waals surface area contributed by atoms with E-state index >= 15 is 0 Å². The molecule has 0 saturated carbocycles. The minimum absolute atomic E-state index is 0.00160. The van der Waals surface area contributed by atoms with Crippen molar-refractivity contribution in [2.45, 2.75) is 24.7 Å². The number of rotatable bonds is 6. The van der Waals surface area contributed by atoms with Gasteiger partial charge >= 0.3 is 6.09 Å². The molecule has 1 fully saturated rings. The molecule has 2 amide bonds. The maximum atomic E-state index is 12.2. The number of Topliss-reactive ketones (excluding diaryl/α,β-unsaturated/α-hetero) is 1. The standard InChI is InChI=1S/C16H21N3O6S/c1-2-25-16(22)18-15(21)11-17-26(23,24)14-5-3-12(4-6-14)19-9-7-13(20)8-10-19/h3-6,17H,2,7-11H2,1H3,(H,18,21,22). The number of alkyl carbamates (subject to hydrolysis) is 1. The molecular weight excluding hydrogens is 362 g/mol. The molecule has 1 aromatic rings. The minimum Gasteiger partial charge on any atom is -0.450 e. The van der Waals surface area contributed by atoms with E-state index in [1.54, 1.807) is 19.1 Å². The molecule has 26 heavy (non-hydrogen) atoms. The van der Waals surface area contributed by atoms with Crippen molar-refractivity contribution >= 4 is 33.5 Å². The largest absolute Gasteiger partial charge is 0.450 e. The first-order chi connectivity index (χ1) is 12.3. The molecule has 0 spiro atoms. The molecule has 0 unspecified atom stereocenters. The van der Waals surface area contributed by atoms with Crippen LogP contribution in [0.2, 0.25) is 0 Å². The van der Waals surface area contributed by atoms with E-state index in [4.69, 9.17) is 0 Å². The van der Waals surface area contributed by atoms with Gasteiger partial charge in [0, 0.05) is 31.6 Å². The highest BCUT2D eigenvalue weighted by Crippen LogP contribution is 2.20. The fourth-order valence-electron chi connectivity index (χ4n) is 2.42. The first-order valence-electron chi connectivity index (χ1n) is 8.15. The first-order valence-corrected chi connectivity index (χ1v) is 9.63. The number of sulfonamides is 1. The van der Waals surface area contributed by atoms with Gasteiger partial charge in [-0.3, -0.25) is 14.9 Å². The fraction of sp³-hybridized carbons (Fsp3) is 0.438. The maximum Gasteiger partial charge on any atom is 0.413 e. The maximum absolute atomic E-state index is 12.2. The normalized spacial score (nSPS) is 14.8. The van der Waals surface area contributed by atoms with Crippen LogP contribution in [0.25, 0.3) is 0 Å². The lowest BCUT2D eigenvalue weighted by Crippen LogP contribution is -2.40. The number of hydrogen-bond donors (Lipinski definition) is 2. The van der Waals surface area contributed by atoms with Crippen LogP contribution in [-0.2, 0) is 24.3 Å². The van der Waals surface area contributed by atoms with Crippen LogP contribution in [0.1, 0.15) is 19.8 Å². The highest BCUT2D eigenvalue weighted by atomic mass is 32.2. The average Bonchev–Trinajstić information content (AvgIpc) is 2.61. The summed E-state index contributed by atoms with van der Waals surface area (Å²) in [6, 6.07) is 6.17. The summed E-state index contributed by atoms with van der Waals surface area (Å²) in [4.78, 5) is 35.9. The van der Waals surface area contributed by atoms with Gasteiger partial charge in [0.05, 0.1) is 18.0 Å². The van der Waals surface area contributed by atoms with E-state index in [1.165, 1.54) is 12.1 Å². The lowest BCUT2D eigenvalue weighted by atomic mass is 10.1. The van der Waals surface area contributed by atoms with Gasteiger partial charge in [-0.1, -0.05) is 0 Å². The van der Waals surface area contributed by atoms with Crippen LogP contribution in [0, 0.1) is 0 Å². The zero-order valence-corrected chi connectivity index (χ0v) is 15.2. The third kappa shape index (κ3) is 5.53. The topological polar surface area (TPSA) is 122 Å². The lowest BCUT2D eigenvalue weighted by molar-refractivity contribution is -0.120. The van der Waals surface area contributed by atoms with Gasteiger partial charge in [0.1, 0.15) is 5.78 Å². The summed E-state index contributed by atoms with van der Waals surface area (Å²) in [6.07, 6.45) is 0.0371. The number of hydrogen-bond acceptors (Lipinski definition) is 7. The highest BCUT2D eigenvalue weighted by molar-refractivity contribution is 7.89. The summed E-state index contributed by atoms with van der Waals surface area (Å²) in [6.45, 7) is 2.31. The molecule has 142 valence electrons. The van der Waals surface area contributed by atoms with Crippen molar-refractivity contribution in [3.8, 4) is 0 Å². The number of imide groups is 1. The van der Waals surface area contributed by atoms with Crippen LogP contribution in [0.4, 0.5) is 10.5 Å². The van der Waals surface area contributed by atoms with Gasteiger partial charge in [0.15, 0.2) is 0 Å². The van der Waals surface area contributed by atoms with E-state index in [2.05, 4.69) is 9.46 Å². The molecule has 1 aliphatic heterocycles. The van der Waals surface area contributed by atoms with Crippen LogP contribution in [0.5, 0.6) is 0 Å². The van der Waals surface area contributed by atoms with E-state index in [9.17, 15) is 22.8 Å². The number of anilines is 1. The molecule has 0 aliphatic carbocycles. The molecule has 0 atom stereocenters. The Morgan fingerprint density at radius 3 is 2.35 bits per heavy atom. The van der Waals surface area contributed by atoms with Gasteiger partial charge in [-0.25, -0.2) is 17.9 Å². The summed E-state index contributed by atoms with van der Waals surface area (Å²) in [5.74, 6) is -0.590. The monoisotopic (exact) mass is 383 g/mol. The third-order valence-electron chi connectivity index (χ3n) is 3.77. The third-order valence-corrected chi connectivity index (χ3v) is 5.19. The molecule has 0 bridgehead atoms. The Hall–Kier alpha value is -2.46. The smallest absolute Gasteiger partial charge is 0.413 e. The van der Waals surface area contributed by atoms with Crippen LogP contribution in [0.15, 0.2) is 29.2 Å². The van der Waals surface area contributed by atoms with Crippen molar-refractivity contribution in [2.75, 3.05) is 31.1 Å². The Morgan fingerprint density at radius 1 is 1.15 bits per heavy atom. The summed E-state index contributed by atoms with van der Waals surface area (Å²) >= 11 is 0. The van der Waals surface area contributed by atoms with Crippen molar-refractivity contribution < 1.29 is 27.5 Å². The van der Waals surface area contributed by atoms with Crippen molar-refractivity contribution in [1.29, 1.82) is 0 Å². The molecule has 9 nitrogen and oxygen atoms in total. The van der Waals surface area contributed by atoms with Crippen molar-refractivity contribution in [3.63, 3.8) is 0 Å². The van der Waals surface area contributed by atoms with E-state index in [-0.39, 0.29) is 17.3 Å². The molecule has 0 aromatic heterocycles. The van der Waals surface area contributed by atoms with Crippen molar-refractivity contribution in [2.24, 2.45) is 0 Å². The molecule has 2 rings (SSSR count). The van der Waals surface area contributed by atoms with E-state index < -0.39 is 28.6 Å². The lowest BCUT2D eigenvalue weighted by Gasteiger charge is -2.28. The Morgan fingerprint density at radius 2 is 1.77 bits per heavy atom. The molecule has 0 radical (unpaired) electrons. The fourth-order valence-corrected chi connectivity index (χ4v) is 3.40. The summed E-state index contributed by atoms with van der Waals surface area (Å²) in [5.41, 5.74) is 0.830. The predicted molar refractivity (Wildman–Crippen MR) is 93.2 cm³/mol. The number of benzene rings is 1. The number of ether oxygens (including phenoxy) is 1. The Labute approximate surface area is 151 Å². The Balaban J connectivity index is 1.93. The SMILES string of the molecule is CCOC(=O)NC(=O)CNS(=O)(=O)c1ccc(N2CCC(=O)CC2)cc1. The van der Waals surface area contributed by atoms with Crippen LogP contribution in [0.3, 0.4) is 0 Å². The summed E-state index contributed by atoms with van der Waals surface area (Å²) in [5, 5.41) is 1.90. The van der Waals surface area contributed by atoms with Gasteiger partial charge in [0.25, 0.3) is 0 Å². The van der Waals surface area contributed by atoms with E-state index in [0.717, 1.165) is 5.69 Å². The summed E-state index contributed by atoms with van der Waals surface area (Å²) < 4.78 is 31.1. The minimum atomic E-state index is -3.90. The average molecular weight is 383 g/mol. The van der Waals surface area contributed by atoms with Crippen LogP contribution in [-0.4, -0.2) is 52.4 Å². The van der Waals surface area contributed by atoms with E-state index in [1.807, 2.05) is 10.2 Å². The molecule has 1 aliphatic rings. The second-order valence-corrected chi connectivity index (χ2v) is 7.38.